The zero-order valence-corrected chi connectivity index (χ0v) is 12.3. The van der Waals surface area contributed by atoms with Gasteiger partial charge in [-0.15, -0.1) is 0 Å². The first-order valence-electron chi connectivity index (χ1n) is 7.10. The third-order valence-electron chi connectivity index (χ3n) is 4.29. The Balaban J connectivity index is 2.10. The first-order chi connectivity index (χ1) is 9.15. The minimum Gasteiger partial charge on any atom is -0.481 e. The van der Waals surface area contributed by atoms with Crippen LogP contribution in [-0.2, 0) is 0 Å². The van der Waals surface area contributed by atoms with Crippen LogP contribution >= 0.6 is 0 Å². The zero-order chi connectivity index (χ0) is 13.8. The van der Waals surface area contributed by atoms with Crippen LogP contribution in [0.4, 0.5) is 0 Å². The fraction of sp³-hybridized carbons (Fsp3) is 0.733. The first kappa shape index (κ1) is 14.1. The summed E-state index contributed by atoms with van der Waals surface area (Å²) in [6.07, 6.45) is 6.85. The van der Waals surface area contributed by atoms with Crippen molar-refractivity contribution in [3.8, 4) is 11.9 Å². The van der Waals surface area contributed by atoms with Crippen molar-refractivity contribution >= 4 is 0 Å². The summed E-state index contributed by atoms with van der Waals surface area (Å²) in [6.45, 7) is 4.64. The highest BCUT2D eigenvalue weighted by molar-refractivity contribution is 5.29. The largest absolute Gasteiger partial charge is 0.481 e. The summed E-state index contributed by atoms with van der Waals surface area (Å²) in [5, 5.41) is 0. The van der Waals surface area contributed by atoms with Crippen LogP contribution in [0.25, 0.3) is 0 Å². The van der Waals surface area contributed by atoms with E-state index in [9.17, 15) is 0 Å². The van der Waals surface area contributed by atoms with Crippen LogP contribution in [0.15, 0.2) is 6.20 Å². The van der Waals surface area contributed by atoms with Gasteiger partial charge in [0.25, 0.3) is 0 Å². The average Bonchev–Trinajstić information content (AvgIpc) is 2.46. The van der Waals surface area contributed by atoms with Gasteiger partial charge in [0.05, 0.1) is 14.2 Å². The third-order valence-corrected chi connectivity index (χ3v) is 4.29. The molecule has 1 saturated carbocycles. The third kappa shape index (κ3) is 3.17. The van der Waals surface area contributed by atoms with Crippen molar-refractivity contribution in [1.29, 1.82) is 0 Å². The standard InChI is InChI=1S/C15H24N2O2/c1-10(2)11-5-7-12(8-6-11)13-9-16-15(19-4)17-14(13)18-3/h9-12H,5-8H2,1-4H3. The second-order valence-electron chi connectivity index (χ2n) is 5.68. The molecule has 0 atom stereocenters. The molecule has 4 nitrogen and oxygen atoms in total. The maximum atomic E-state index is 5.38. The Morgan fingerprint density at radius 3 is 2.32 bits per heavy atom. The molecular formula is C15H24N2O2. The van der Waals surface area contributed by atoms with E-state index in [1.54, 1.807) is 14.2 Å². The van der Waals surface area contributed by atoms with Crippen LogP contribution in [0.2, 0.25) is 0 Å². The van der Waals surface area contributed by atoms with Crippen molar-refractivity contribution in [2.75, 3.05) is 14.2 Å². The van der Waals surface area contributed by atoms with Crippen LogP contribution in [-0.4, -0.2) is 24.2 Å². The van der Waals surface area contributed by atoms with Crippen molar-refractivity contribution in [1.82, 2.24) is 9.97 Å². The summed E-state index contributed by atoms with van der Waals surface area (Å²) in [5.74, 6) is 2.84. The molecule has 1 heterocycles. The zero-order valence-electron chi connectivity index (χ0n) is 12.3. The predicted octanol–water partition coefficient (Wildman–Crippen LogP) is 3.42. The Hall–Kier alpha value is -1.32. The lowest BCUT2D eigenvalue weighted by molar-refractivity contribution is 0.254. The predicted molar refractivity (Wildman–Crippen MR) is 74.7 cm³/mol. The average molecular weight is 264 g/mol. The lowest BCUT2D eigenvalue weighted by atomic mass is 9.75. The Morgan fingerprint density at radius 1 is 1.11 bits per heavy atom. The van der Waals surface area contributed by atoms with Gasteiger partial charge in [-0.05, 0) is 43.4 Å². The minimum atomic E-state index is 0.372. The highest BCUT2D eigenvalue weighted by Crippen LogP contribution is 2.40. The highest BCUT2D eigenvalue weighted by atomic mass is 16.5. The molecule has 0 bridgehead atoms. The van der Waals surface area contributed by atoms with Crippen molar-refractivity contribution in [3.63, 3.8) is 0 Å². The Kier molecular flexibility index (Phi) is 4.61. The van der Waals surface area contributed by atoms with E-state index in [1.807, 2.05) is 6.20 Å². The number of ether oxygens (including phenoxy) is 2. The van der Waals surface area contributed by atoms with Crippen LogP contribution in [0.3, 0.4) is 0 Å². The molecule has 4 heteroatoms. The molecule has 0 saturated heterocycles. The van der Waals surface area contributed by atoms with E-state index in [1.165, 1.54) is 25.7 Å². The molecule has 0 radical (unpaired) electrons. The van der Waals surface area contributed by atoms with Gasteiger partial charge in [-0.3, -0.25) is 0 Å². The van der Waals surface area contributed by atoms with Gasteiger partial charge < -0.3 is 9.47 Å². The van der Waals surface area contributed by atoms with Crippen LogP contribution in [0, 0.1) is 11.8 Å². The maximum absolute atomic E-state index is 5.38. The second-order valence-corrected chi connectivity index (χ2v) is 5.68. The SMILES string of the molecule is COc1ncc(C2CCC(C(C)C)CC2)c(OC)n1. The van der Waals surface area contributed by atoms with Crippen molar-refractivity contribution in [3.05, 3.63) is 11.8 Å². The van der Waals surface area contributed by atoms with E-state index in [0.29, 0.717) is 17.8 Å². The molecule has 19 heavy (non-hydrogen) atoms. The molecule has 0 amide bonds. The summed E-state index contributed by atoms with van der Waals surface area (Å²) in [5.41, 5.74) is 1.13. The van der Waals surface area contributed by atoms with Gasteiger partial charge in [0.15, 0.2) is 0 Å². The highest BCUT2D eigenvalue weighted by Gasteiger charge is 2.27. The van der Waals surface area contributed by atoms with Gasteiger partial charge in [-0.2, -0.15) is 4.98 Å². The van der Waals surface area contributed by atoms with Crippen molar-refractivity contribution < 1.29 is 9.47 Å². The molecule has 2 rings (SSSR count). The van der Waals surface area contributed by atoms with Crippen molar-refractivity contribution in [2.45, 2.75) is 45.4 Å². The van der Waals surface area contributed by atoms with Gasteiger partial charge >= 0.3 is 6.01 Å². The smallest absolute Gasteiger partial charge is 0.319 e. The fourth-order valence-electron chi connectivity index (χ4n) is 3.00. The first-order valence-corrected chi connectivity index (χ1v) is 7.10. The van der Waals surface area contributed by atoms with Gasteiger partial charge in [0.1, 0.15) is 0 Å². The number of methoxy groups -OCH3 is 2. The summed E-state index contributed by atoms with van der Waals surface area (Å²) in [7, 11) is 3.23. The molecule has 1 aliphatic rings. The van der Waals surface area contributed by atoms with Crippen LogP contribution in [0.1, 0.15) is 51.0 Å². The van der Waals surface area contributed by atoms with Gasteiger partial charge in [-0.25, -0.2) is 4.98 Å². The van der Waals surface area contributed by atoms with Crippen molar-refractivity contribution in [2.24, 2.45) is 11.8 Å². The summed E-state index contributed by atoms with van der Waals surface area (Å²) < 4.78 is 10.4. The lowest BCUT2D eigenvalue weighted by Crippen LogP contribution is -2.18. The molecule has 0 aromatic carbocycles. The van der Waals surface area contributed by atoms with Crippen LogP contribution < -0.4 is 9.47 Å². The number of nitrogens with zero attached hydrogens (tertiary/aromatic N) is 2. The topological polar surface area (TPSA) is 44.2 Å². The van der Waals surface area contributed by atoms with E-state index in [2.05, 4.69) is 23.8 Å². The van der Waals surface area contributed by atoms with Gasteiger partial charge in [0.2, 0.25) is 5.88 Å². The van der Waals surface area contributed by atoms with E-state index in [0.717, 1.165) is 17.4 Å². The Morgan fingerprint density at radius 2 is 1.79 bits per heavy atom. The lowest BCUT2D eigenvalue weighted by Gasteiger charge is -2.31. The number of rotatable bonds is 4. The fourth-order valence-corrected chi connectivity index (χ4v) is 3.00. The molecular weight excluding hydrogens is 240 g/mol. The molecule has 1 fully saturated rings. The van der Waals surface area contributed by atoms with E-state index in [4.69, 9.17) is 9.47 Å². The van der Waals surface area contributed by atoms with Gasteiger partial charge in [-0.1, -0.05) is 13.8 Å². The number of hydrogen-bond acceptors (Lipinski definition) is 4. The quantitative estimate of drug-likeness (QED) is 0.835. The minimum absolute atomic E-state index is 0.372. The molecule has 1 aliphatic carbocycles. The number of aromatic nitrogens is 2. The summed E-state index contributed by atoms with van der Waals surface area (Å²) in [6, 6.07) is 0.372. The van der Waals surface area contributed by atoms with E-state index in [-0.39, 0.29) is 0 Å². The molecule has 106 valence electrons. The number of hydrogen-bond donors (Lipinski definition) is 0. The normalized spacial score (nSPS) is 23.4. The Bertz CT molecular complexity index is 413. The second kappa shape index (κ2) is 6.22. The van der Waals surface area contributed by atoms with E-state index >= 15 is 0 Å². The molecule has 0 unspecified atom stereocenters. The Labute approximate surface area is 115 Å². The van der Waals surface area contributed by atoms with Gasteiger partial charge in [0, 0.05) is 11.8 Å². The summed E-state index contributed by atoms with van der Waals surface area (Å²) in [4.78, 5) is 8.51. The molecule has 1 aromatic heterocycles. The van der Waals surface area contributed by atoms with Crippen LogP contribution in [0.5, 0.6) is 11.9 Å². The summed E-state index contributed by atoms with van der Waals surface area (Å²) >= 11 is 0. The maximum Gasteiger partial charge on any atom is 0.319 e. The molecule has 0 N–H and O–H groups in total. The molecule has 0 spiro atoms. The molecule has 1 aromatic rings. The monoisotopic (exact) mass is 264 g/mol. The van der Waals surface area contributed by atoms with E-state index < -0.39 is 0 Å². The molecule has 0 aliphatic heterocycles.